The summed E-state index contributed by atoms with van der Waals surface area (Å²) in [4.78, 5) is 26.4. The van der Waals surface area contributed by atoms with Gasteiger partial charge in [0.15, 0.2) is 8.29 Å². The molecule has 0 fully saturated rings. The molecular formula is C20H15F3N4O2S3. The number of hydrogen-bond donors (Lipinski definition) is 1. The van der Waals surface area contributed by atoms with E-state index in [0.29, 0.717) is 8.29 Å². The molecule has 4 rings (SSSR count). The Labute approximate surface area is 194 Å². The van der Waals surface area contributed by atoms with E-state index in [2.05, 4.69) is 10.4 Å². The third kappa shape index (κ3) is 4.57. The molecule has 1 aromatic heterocycles. The molecule has 6 nitrogen and oxygen atoms in total. The highest BCUT2D eigenvalue weighted by molar-refractivity contribution is 8.02. The van der Waals surface area contributed by atoms with Crippen LogP contribution in [0.15, 0.2) is 52.9 Å². The Kier molecular flexibility index (Phi) is 6.10. The number of amides is 2. The lowest BCUT2D eigenvalue weighted by molar-refractivity contribution is -0.137. The maximum Gasteiger partial charge on any atom is 0.416 e. The zero-order valence-corrected chi connectivity index (χ0v) is 18.9. The molecule has 0 aliphatic carbocycles. The van der Waals surface area contributed by atoms with Gasteiger partial charge in [-0.05, 0) is 49.5 Å². The van der Waals surface area contributed by atoms with Crippen LogP contribution >= 0.6 is 35.3 Å². The van der Waals surface area contributed by atoms with Gasteiger partial charge in [0.05, 0.1) is 27.9 Å². The number of fused-ring (bicyclic) bond motifs is 1. The predicted octanol–water partition coefficient (Wildman–Crippen LogP) is 5.15. The van der Waals surface area contributed by atoms with Gasteiger partial charge in [0.25, 0.3) is 0 Å². The van der Waals surface area contributed by atoms with Crippen LogP contribution in [0.25, 0.3) is 5.69 Å². The smallest absolute Gasteiger partial charge is 0.323 e. The van der Waals surface area contributed by atoms with Gasteiger partial charge in [-0.1, -0.05) is 41.3 Å². The number of nitrogens with zero attached hydrogens (tertiary/aromatic N) is 3. The molecule has 2 heterocycles. The summed E-state index contributed by atoms with van der Waals surface area (Å²) >= 11 is 7.80. The lowest BCUT2D eigenvalue weighted by atomic mass is 10.1. The standard InChI is InChI=1S/C20H15F3N4O2S3/c1-11(31-18-25-27(19(30)32-18)13-5-3-2-4-6-13)17(29)26-10-16(28)24-14-9-12(20(21,22)23)7-8-15(14)26/h2-9,11H,10H2,1H3,(H,24,28). The SMILES string of the molecule is CC(Sc1nn(-c2ccccc2)c(=S)s1)C(=O)N1CC(=O)Nc2cc(C(F)(F)F)ccc21. The average molecular weight is 497 g/mol. The van der Waals surface area contributed by atoms with Gasteiger partial charge >= 0.3 is 6.18 Å². The number of halogens is 3. The first kappa shape index (κ1) is 22.5. The number of rotatable bonds is 4. The van der Waals surface area contributed by atoms with Crippen molar-refractivity contribution >= 4 is 58.5 Å². The molecule has 0 saturated carbocycles. The first-order chi connectivity index (χ1) is 15.1. The van der Waals surface area contributed by atoms with Gasteiger partial charge in [-0.2, -0.15) is 13.2 Å². The molecule has 166 valence electrons. The van der Waals surface area contributed by atoms with Crippen LogP contribution in [-0.2, 0) is 15.8 Å². The number of nitrogens with one attached hydrogen (secondary N) is 1. The van der Waals surface area contributed by atoms with Crippen molar-refractivity contribution < 1.29 is 22.8 Å². The summed E-state index contributed by atoms with van der Waals surface area (Å²) in [6.45, 7) is 1.37. The molecule has 0 spiro atoms. The van der Waals surface area contributed by atoms with Gasteiger partial charge in [0.2, 0.25) is 11.8 Å². The van der Waals surface area contributed by atoms with Crippen molar-refractivity contribution in [2.75, 3.05) is 16.8 Å². The van der Waals surface area contributed by atoms with Gasteiger partial charge in [-0.3, -0.25) is 14.5 Å². The van der Waals surface area contributed by atoms with E-state index in [-0.39, 0.29) is 17.9 Å². The summed E-state index contributed by atoms with van der Waals surface area (Å²) < 4.78 is 41.8. The molecule has 1 N–H and O–H groups in total. The van der Waals surface area contributed by atoms with Crippen LogP contribution in [-0.4, -0.2) is 33.4 Å². The molecule has 0 radical (unpaired) electrons. The third-order valence-electron chi connectivity index (χ3n) is 4.61. The maximum atomic E-state index is 13.1. The largest absolute Gasteiger partial charge is 0.416 e. The second kappa shape index (κ2) is 8.68. The van der Waals surface area contributed by atoms with Crippen molar-refractivity contribution in [1.29, 1.82) is 0 Å². The first-order valence-electron chi connectivity index (χ1n) is 9.28. The number of carbonyl (C=O) groups is 2. The van der Waals surface area contributed by atoms with Gasteiger partial charge < -0.3 is 5.32 Å². The lowest BCUT2D eigenvalue weighted by Crippen LogP contribution is -2.45. The minimum atomic E-state index is -4.56. The summed E-state index contributed by atoms with van der Waals surface area (Å²) in [6.07, 6.45) is -4.56. The van der Waals surface area contributed by atoms with E-state index >= 15 is 0 Å². The molecule has 0 bridgehead atoms. The summed E-state index contributed by atoms with van der Waals surface area (Å²) in [5, 5.41) is 6.22. The normalized spacial score (nSPS) is 14.6. The Morgan fingerprint density at radius 2 is 1.97 bits per heavy atom. The van der Waals surface area contributed by atoms with Crippen LogP contribution in [0.4, 0.5) is 24.5 Å². The number of thioether (sulfide) groups is 1. The molecule has 12 heteroatoms. The Bertz CT molecular complexity index is 1240. The maximum absolute atomic E-state index is 13.1. The third-order valence-corrected chi connectivity index (χ3v) is 7.02. The first-order valence-corrected chi connectivity index (χ1v) is 11.4. The quantitative estimate of drug-likeness (QED) is 0.400. The van der Waals surface area contributed by atoms with E-state index in [1.165, 1.54) is 34.1 Å². The van der Waals surface area contributed by atoms with Gasteiger partial charge in [-0.15, -0.1) is 5.10 Å². The van der Waals surface area contributed by atoms with Crippen molar-refractivity contribution in [1.82, 2.24) is 9.78 Å². The summed E-state index contributed by atoms with van der Waals surface area (Å²) in [5.74, 6) is -0.982. The van der Waals surface area contributed by atoms with Crippen LogP contribution in [0.1, 0.15) is 12.5 Å². The van der Waals surface area contributed by atoms with Crippen molar-refractivity contribution in [3.8, 4) is 5.69 Å². The minimum absolute atomic E-state index is 0.0503. The molecule has 3 aromatic rings. The zero-order valence-electron chi connectivity index (χ0n) is 16.4. The van der Waals surface area contributed by atoms with E-state index in [4.69, 9.17) is 12.2 Å². The molecule has 1 aliphatic rings. The Morgan fingerprint density at radius 1 is 1.25 bits per heavy atom. The molecule has 1 atom stereocenters. The molecule has 1 unspecified atom stereocenters. The number of aromatic nitrogens is 2. The fourth-order valence-corrected chi connectivity index (χ4v) is 5.69. The van der Waals surface area contributed by atoms with Crippen LogP contribution in [0.2, 0.25) is 0 Å². The van der Waals surface area contributed by atoms with Crippen molar-refractivity contribution in [3.05, 3.63) is 58.0 Å². The van der Waals surface area contributed by atoms with Gasteiger partial charge in [0.1, 0.15) is 6.54 Å². The Morgan fingerprint density at radius 3 is 2.66 bits per heavy atom. The molecule has 0 saturated heterocycles. The molecule has 1 aliphatic heterocycles. The second-order valence-corrected chi connectivity index (χ2v) is 10.1. The van der Waals surface area contributed by atoms with E-state index in [1.807, 2.05) is 30.3 Å². The number of hydrogen-bond acceptors (Lipinski definition) is 6. The van der Waals surface area contributed by atoms with Gasteiger partial charge in [0, 0.05) is 0 Å². The zero-order chi connectivity index (χ0) is 23.0. The molecule has 2 aromatic carbocycles. The van der Waals surface area contributed by atoms with Crippen molar-refractivity contribution in [2.24, 2.45) is 0 Å². The molecule has 32 heavy (non-hydrogen) atoms. The van der Waals surface area contributed by atoms with E-state index in [9.17, 15) is 22.8 Å². The number of alkyl halides is 3. The predicted molar refractivity (Wildman–Crippen MR) is 120 cm³/mol. The monoisotopic (exact) mass is 496 g/mol. The summed E-state index contributed by atoms with van der Waals surface area (Å²) in [5.41, 5.74) is 0.0595. The summed E-state index contributed by atoms with van der Waals surface area (Å²) in [7, 11) is 0. The number of carbonyl (C=O) groups excluding carboxylic acids is 2. The fraction of sp³-hybridized carbons (Fsp3) is 0.200. The number of anilines is 2. The topological polar surface area (TPSA) is 67.2 Å². The van der Waals surface area contributed by atoms with E-state index in [1.54, 1.807) is 11.6 Å². The Balaban J connectivity index is 1.56. The highest BCUT2D eigenvalue weighted by atomic mass is 32.2. The van der Waals surface area contributed by atoms with E-state index < -0.39 is 28.8 Å². The lowest BCUT2D eigenvalue weighted by Gasteiger charge is -2.31. The minimum Gasteiger partial charge on any atom is -0.323 e. The van der Waals surface area contributed by atoms with Crippen LogP contribution < -0.4 is 10.2 Å². The van der Waals surface area contributed by atoms with Crippen LogP contribution in [0, 0.1) is 3.95 Å². The van der Waals surface area contributed by atoms with E-state index in [0.717, 1.165) is 17.8 Å². The molecule has 2 amide bonds. The Hall–Kier alpha value is -2.70. The second-order valence-electron chi connectivity index (χ2n) is 6.84. The van der Waals surface area contributed by atoms with Gasteiger partial charge in [-0.25, -0.2) is 4.68 Å². The van der Waals surface area contributed by atoms with Crippen molar-refractivity contribution in [2.45, 2.75) is 22.7 Å². The molecular weight excluding hydrogens is 481 g/mol. The van der Waals surface area contributed by atoms with Crippen molar-refractivity contribution in [3.63, 3.8) is 0 Å². The number of benzene rings is 2. The highest BCUT2D eigenvalue weighted by Gasteiger charge is 2.35. The fourth-order valence-electron chi connectivity index (χ4n) is 3.12. The summed E-state index contributed by atoms with van der Waals surface area (Å²) in [6, 6.07) is 12.2. The highest BCUT2D eigenvalue weighted by Crippen LogP contribution is 2.38. The number of para-hydroxylation sites is 1. The van der Waals surface area contributed by atoms with Crippen LogP contribution in [0.3, 0.4) is 0 Å². The van der Waals surface area contributed by atoms with Crippen LogP contribution in [0.5, 0.6) is 0 Å². The average Bonchev–Trinajstić information content (AvgIpc) is 3.12.